The Labute approximate surface area is 72.3 Å². The lowest BCUT2D eigenvalue weighted by Gasteiger charge is -1.94. The molecule has 0 aliphatic rings. The fraction of sp³-hybridized carbons (Fsp3) is 0.250. The minimum absolute atomic E-state index is 0.0267. The zero-order valence-corrected chi connectivity index (χ0v) is 6.95. The SMILES string of the molecule is ClCc1nnc(Cl)nc1Cl. The Balaban J connectivity index is 3.07. The van der Waals surface area contributed by atoms with Crippen molar-refractivity contribution in [3.8, 4) is 0 Å². The van der Waals surface area contributed by atoms with Crippen LogP contribution in [0.5, 0.6) is 0 Å². The van der Waals surface area contributed by atoms with Gasteiger partial charge in [0.1, 0.15) is 5.69 Å². The van der Waals surface area contributed by atoms with E-state index in [1.165, 1.54) is 0 Å². The molecule has 6 heteroatoms. The zero-order chi connectivity index (χ0) is 7.56. The number of hydrogen-bond acceptors (Lipinski definition) is 3. The molecular formula is C4H2Cl3N3. The molecule has 0 unspecified atom stereocenters. The molecule has 0 bridgehead atoms. The van der Waals surface area contributed by atoms with Crippen molar-refractivity contribution in [2.24, 2.45) is 0 Å². The smallest absolute Gasteiger partial charge is 0.203 e. The van der Waals surface area contributed by atoms with Gasteiger partial charge in [0, 0.05) is 0 Å². The van der Waals surface area contributed by atoms with E-state index in [1.807, 2.05) is 0 Å². The Hall–Kier alpha value is -0.120. The molecule has 0 radical (unpaired) electrons. The molecule has 0 aromatic carbocycles. The monoisotopic (exact) mass is 197 g/mol. The van der Waals surface area contributed by atoms with E-state index in [0.717, 1.165) is 0 Å². The summed E-state index contributed by atoms with van der Waals surface area (Å²) < 4.78 is 0. The summed E-state index contributed by atoms with van der Waals surface area (Å²) in [5.74, 6) is 0.190. The molecule has 1 rings (SSSR count). The van der Waals surface area contributed by atoms with Crippen molar-refractivity contribution in [2.45, 2.75) is 5.88 Å². The summed E-state index contributed by atoms with van der Waals surface area (Å²) in [6, 6.07) is 0. The van der Waals surface area contributed by atoms with Crippen molar-refractivity contribution in [1.82, 2.24) is 15.2 Å². The van der Waals surface area contributed by atoms with Gasteiger partial charge in [0.05, 0.1) is 5.88 Å². The van der Waals surface area contributed by atoms with Crippen LogP contribution in [-0.2, 0) is 5.88 Å². The van der Waals surface area contributed by atoms with Crippen molar-refractivity contribution < 1.29 is 0 Å². The third-order valence-corrected chi connectivity index (χ3v) is 1.52. The van der Waals surface area contributed by atoms with Gasteiger partial charge in [-0.15, -0.1) is 21.8 Å². The van der Waals surface area contributed by atoms with E-state index in [0.29, 0.717) is 5.69 Å². The van der Waals surface area contributed by atoms with Crippen LogP contribution in [0.15, 0.2) is 0 Å². The van der Waals surface area contributed by atoms with E-state index < -0.39 is 0 Å². The van der Waals surface area contributed by atoms with Crippen molar-refractivity contribution >= 4 is 34.8 Å². The maximum atomic E-state index is 5.55. The first-order valence-corrected chi connectivity index (χ1v) is 3.63. The molecule has 54 valence electrons. The van der Waals surface area contributed by atoms with Crippen molar-refractivity contribution in [3.05, 3.63) is 16.1 Å². The molecule has 3 nitrogen and oxygen atoms in total. The van der Waals surface area contributed by atoms with Crippen LogP contribution in [-0.4, -0.2) is 15.2 Å². The van der Waals surface area contributed by atoms with E-state index in [2.05, 4.69) is 15.2 Å². The molecule has 1 aromatic heterocycles. The second-order valence-electron chi connectivity index (χ2n) is 1.45. The molecule has 0 atom stereocenters. The standard InChI is InChI=1S/C4H2Cl3N3/c5-1-2-3(6)8-4(7)10-9-2/h1H2. The molecule has 0 amide bonds. The van der Waals surface area contributed by atoms with Crippen LogP contribution in [0.3, 0.4) is 0 Å². The van der Waals surface area contributed by atoms with Crippen LogP contribution < -0.4 is 0 Å². The van der Waals surface area contributed by atoms with Gasteiger partial charge in [0.15, 0.2) is 5.15 Å². The van der Waals surface area contributed by atoms with E-state index in [1.54, 1.807) is 0 Å². The lowest BCUT2D eigenvalue weighted by atomic mass is 10.5. The average molecular weight is 198 g/mol. The molecular weight excluding hydrogens is 196 g/mol. The number of halogens is 3. The molecule has 0 saturated heterocycles. The van der Waals surface area contributed by atoms with Gasteiger partial charge in [-0.05, 0) is 11.6 Å². The van der Waals surface area contributed by atoms with E-state index in [-0.39, 0.29) is 16.3 Å². The Bertz CT molecular complexity index is 239. The molecule has 0 aliphatic heterocycles. The van der Waals surface area contributed by atoms with Crippen molar-refractivity contribution in [1.29, 1.82) is 0 Å². The van der Waals surface area contributed by atoms with Gasteiger partial charge in [-0.2, -0.15) is 0 Å². The van der Waals surface area contributed by atoms with Crippen LogP contribution in [0.1, 0.15) is 5.69 Å². The van der Waals surface area contributed by atoms with Gasteiger partial charge in [-0.1, -0.05) is 11.6 Å². The maximum Gasteiger partial charge on any atom is 0.244 e. The van der Waals surface area contributed by atoms with Crippen LogP contribution in [0.4, 0.5) is 0 Å². The fourth-order valence-corrected chi connectivity index (χ4v) is 0.991. The van der Waals surface area contributed by atoms with Crippen molar-refractivity contribution in [3.63, 3.8) is 0 Å². The second-order valence-corrected chi connectivity index (χ2v) is 2.42. The summed E-state index contributed by atoms with van der Waals surface area (Å²) >= 11 is 16.3. The maximum absolute atomic E-state index is 5.55. The molecule has 0 spiro atoms. The molecule has 0 aliphatic carbocycles. The minimum Gasteiger partial charge on any atom is -0.203 e. The Morgan fingerprint density at radius 3 is 2.40 bits per heavy atom. The summed E-state index contributed by atoms with van der Waals surface area (Å²) in [6.45, 7) is 0. The van der Waals surface area contributed by atoms with Gasteiger partial charge >= 0.3 is 0 Å². The van der Waals surface area contributed by atoms with E-state index in [9.17, 15) is 0 Å². The number of rotatable bonds is 1. The highest BCUT2D eigenvalue weighted by Gasteiger charge is 2.02. The normalized spacial score (nSPS) is 9.90. The Kier molecular flexibility index (Phi) is 2.65. The van der Waals surface area contributed by atoms with Crippen molar-refractivity contribution in [2.75, 3.05) is 0 Å². The Morgan fingerprint density at radius 1 is 1.20 bits per heavy atom. The highest BCUT2D eigenvalue weighted by atomic mass is 35.5. The molecule has 1 heterocycles. The molecule has 1 aromatic rings. The number of hydrogen-bond donors (Lipinski definition) is 0. The number of aromatic nitrogens is 3. The summed E-state index contributed by atoms with van der Waals surface area (Å²) in [5.41, 5.74) is 0.438. The van der Waals surface area contributed by atoms with E-state index >= 15 is 0 Å². The number of nitrogens with zero attached hydrogens (tertiary/aromatic N) is 3. The predicted octanol–water partition coefficient (Wildman–Crippen LogP) is 1.92. The average Bonchev–Trinajstić information content (AvgIpc) is 1.88. The zero-order valence-electron chi connectivity index (χ0n) is 4.68. The lowest BCUT2D eigenvalue weighted by Crippen LogP contribution is -1.94. The topological polar surface area (TPSA) is 38.7 Å². The number of alkyl halides is 1. The Morgan fingerprint density at radius 2 is 1.90 bits per heavy atom. The minimum atomic E-state index is 0.0267. The molecule has 0 saturated carbocycles. The van der Waals surface area contributed by atoms with Crippen LogP contribution in [0.25, 0.3) is 0 Å². The van der Waals surface area contributed by atoms with Gasteiger partial charge < -0.3 is 0 Å². The summed E-state index contributed by atoms with van der Waals surface area (Å²) in [6.07, 6.45) is 0. The summed E-state index contributed by atoms with van der Waals surface area (Å²) in [5, 5.41) is 7.26. The third-order valence-electron chi connectivity index (χ3n) is 0.808. The summed E-state index contributed by atoms with van der Waals surface area (Å²) in [4.78, 5) is 3.62. The largest absolute Gasteiger partial charge is 0.244 e. The highest BCUT2D eigenvalue weighted by molar-refractivity contribution is 6.32. The first-order valence-electron chi connectivity index (χ1n) is 2.34. The molecule has 10 heavy (non-hydrogen) atoms. The molecule has 0 N–H and O–H groups in total. The van der Waals surface area contributed by atoms with Gasteiger partial charge in [-0.3, -0.25) is 0 Å². The highest BCUT2D eigenvalue weighted by Crippen LogP contribution is 2.12. The lowest BCUT2D eigenvalue weighted by molar-refractivity contribution is 0.917. The first kappa shape index (κ1) is 7.98. The molecule has 0 fully saturated rings. The van der Waals surface area contributed by atoms with Gasteiger partial charge in [-0.25, -0.2) is 4.98 Å². The second kappa shape index (κ2) is 3.32. The fourth-order valence-electron chi connectivity index (χ4n) is 0.393. The first-order chi connectivity index (χ1) is 4.74. The predicted molar refractivity (Wildman–Crippen MR) is 39.4 cm³/mol. The van der Waals surface area contributed by atoms with Crippen LogP contribution in [0, 0.1) is 0 Å². The van der Waals surface area contributed by atoms with E-state index in [4.69, 9.17) is 34.8 Å². The quantitative estimate of drug-likeness (QED) is 0.647. The van der Waals surface area contributed by atoms with Crippen LogP contribution >= 0.6 is 34.8 Å². The van der Waals surface area contributed by atoms with Gasteiger partial charge in [0.2, 0.25) is 5.28 Å². The van der Waals surface area contributed by atoms with Gasteiger partial charge in [0.25, 0.3) is 0 Å². The summed E-state index contributed by atoms with van der Waals surface area (Å²) in [7, 11) is 0. The third kappa shape index (κ3) is 1.68. The van der Waals surface area contributed by atoms with Crippen LogP contribution in [0.2, 0.25) is 10.4 Å².